The minimum Gasteiger partial charge on any atom is -0.459 e. The van der Waals surface area contributed by atoms with Gasteiger partial charge in [-0.3, -0.25) is 0 Å². The molecule has 1 aromatic carbocycles. The first-order valence-corrected chi connectivity index (χ1v) is 5.63. The summed E-state index contributed by atoms with van der Waals surface area (Å²) in [6, 6.07) is 5.68. The van der Waals surface area contributed by atoms with E-state index in [2.05, 4.69) is 26.8 Å². The molecular weight excluding hydrogens is 266 g/mol. The van der Waals surface area contributed by atoms with Crippen LogP contribution in [0.4, 0.5) is 20.3 Å². The third-order valence-corrected chi connectivity index (χ3v) is 2.14. The maximum atomic E-state index is 13.4. The fourth-order valence-electron chi connectivity index (χ4n) is 1.25. The molecular formula is C13H10F2N4O. The van der Waals surface area contributed by atoms with E-state index in [1.54, 1.807) is 6.07 Å². The van der Waals surface area contributed by atoms with Crippen LogP contribution in [0, 0.1) is 11.6 Å². The lowest BCUT2D eigenvalue weighted by molar-refractivity contribution is 0.331. The van der Waals surface area contributed by atoms with E-state index in [1.165, 1.54) is 24.3 Å². The van der Waals surface area contributed by atoms with Crippen LogP contribution in [0.2, 0.25) is 0 Å². The summed E-state index contributed by atoms with van der Waals surface area (Å²) < 4.78 is 31.8. The molecule has 5 nitrogen and oxygen atoms in total. The van der Waals surface area contributed by atoms with E-state index >= 15 is 0 Å². The Bertz CT molecular complexity index is 646. The van der Waals surface area contributed by atoms with Crippen LogP contribution in [0.5, 0.6) is 6.01 Å². The van der Waals surface area contributed by atoms with E-state index in [0.717, 1.165) is 6.20 Å². The summed E-state index contributed by atoms with van der Waals surface area (Å²) in [6.45, 7) is 3.64. The predicted molar refractivity (Wildman–Crippen MR) is 68.3 cm³/mol. The lowest BCUT2D eigenvalue weighted by Gasteiger charge is -2.01. The molecule has 0 radical (unpaired) electrons. The van der Waals surface area contributed by atoms with Crippen LogP contribution < -0.4 is 4.74 Å². The van der Waals surface area contributed by atoms with Crippen molar-refractivity contribution in [3.63, 3.8) is 0 Å². The molecule has 0 unspecified atom stereocenters. The molecule has 0 bridgehead atoms. The molecule has 0 aliphatic carbocycles. The van der Waals surface area contributed by atoms with Gasteiger partial charge in [-0.1, -0.05) is 24.8 Å². The molecule has 0 fully saturated rings. The number of hydrogen-bond donors (Lipinski definition) is 0. The molecule has 102 valence electrons. The SMILES string of the molecule is C=CCOc1ncc(F)c(/N=N/c2ccccc2F)n1. The molecule has 0 saturated carbocycles. The van der Waals surface area contributed by atoms with Gasteiger partial charge < -0.3 is 4.74 Å². The Hall–Kier alpha value is -2.70. The van der Waals surface area contributed by atoms with Gasteiger partial charge in [0.25, 0.3) is 0 Å². The zero-order valence-electron chi connectivity index (χ0n) is 10.3. The smallest absolute Gasteiger partial charge is 0.318 e. The third kappa shape index (κ3) is 3.41. The van der Waals surface area contributed by atoms with Crippen LogP contribution in [0.3, 0.4) is 0 Å². The van der Waals surface area contributed by atoms with Crippen molar-refractivity contribution in [1.82, 2.24) is 9.97 Å². The zero-order valence-corrected chi connectivity index (χ0v) is 10.3. The van der Waals surface area contributed by atoms with E-state index in [4.69, 9.17) is 4.74 Å². The van der Waals surface area contributed by atoms with Gasteiger partial charge in [0.1, 0.15) is 12.3 Å². The van der Waals surface area contributed by atoms with E-state index in [-0.39, 0.29) is 24.1 Å². The second-order valence-electron chi connectivity index (χ2n) is 3.58. The summed E-state index contributed by atoms with van der Waals surface area (Å²) in [5, 5.41) is 7.16. The van der Waals surface area contributed by atoms with E-state index in [9.17, 15) is 8.78 Å². The Morgan fingerprint density at radius 2 is 2.00 bits per heavy atom. The minimum atomic E-state index is -0.781. The highest BCUT2D eigenvalue weighted by Crippen LogP contribution is 2.22. The molecule has 0 aliphatic rings. The van der Waals surface area contributed by atoms with Crippen LogP contribution in [-0.2, 0) is 0 Å². The highest BCUT2D eigenvalue weighted by molar-refractivity contribution is 5.38. The molecule has 2 rings (SSSR count). The van der Waals surface area contributed by atoms with E-state index in [0.29, 0.717) is 0 Å². The first kappa shape index (κ1) is 13.7. The Kier molecular flexibility index (Phi) is 4.43. The molecule has 0 saturated heterocycles. The monoisotopic (exact) mass is 276 g/mol. The highest BCUT2D eigenvalue weighted by Gasteiger charge is 2.07. The van der Waals surface area contributed by atoms with Crippen molar-refractivity contribution in [2.45, 2.75) is 0 Å². The standard InChI is InChI=1S/C13H10F2N4O/c1-2-7-20-13-16-8-10(15)12(17-13)19-18-11-6-4-3-5-9(11)14/h2-6,8H,1,7H2/b19-18+. The molecule has 7 heteroatoms. The molecule has 1 aromatic heterocycles. The minimum absolute atomic E-state index is 0.0147. The molecule has 0 amide bonds. The number of nitrogens with zero attached hydrogens (tertiary/aromatic N) is 4. The van der Waals surface area contributed by atoms with Gasteiger partial charge in [-0.05, 0) is 12.1 Å². The molecule has 0 aliphatic heterocycles. The molecule has 0 atom stereocenters. The second-order valence-corrected chi connectivity index (χ2v) is 3.58. The van der Waals surface area contributed by atoms with Gasteiger partial charge in [-0.25, -0.2) is 13.8 Å². The van der Waals surface area contributed by atoms with Gasteiger partial charge in [0.2, 0.25) is 5.82 Å². The lowest BCUT2D eigenvalue weighted by atomic mass is 10.3. The maximum Gasteiger partial charge on any atom is 0.318 e. The fourth-order valence-corrected chi connectivity index (χ4v) is 1.25. The van der Waals surface area contributed by atoms with Gasteiger partial charge in [-0.15, -0.1) is 10.2 Å². The van der Waals surface area contributed by atoms with Crippen molar-refractivity contribution < 1.29 is 13.5 Å². The van der Waals surface area contributed by atoms with Crippen molar-refractivity contribution in [2.24, 2.45) is 10.2 Å². The Morgan fingerprint density at radius 1 is 1.20 bits per heavy atom. The third-order valence-electron chi connectivity index (χ3n) is 2.14. The average Bonchev–Trinajstić information content (AvgIpc) is 2.46. The average molecular weight is 276 g/mol. The number of hydrogen-bond acceptors (Lipinski definition) is 5. The molecule has 0 N–H and O–H groups in total. The molecule has 1 heterocycles. The Labute approximate surface area is 113 Å². The number of ether oxygens (including phenoxy) is 1. The van der Waals surface area contributed by atoms with Crippen LogP contribution in [0.15, 0.2) is 53.3 Å². The van der Waals surface area contributed by atoms with Gasteiger partial charge >= 0.3 is 6.01 Å². The highest BCUT2D eigenvalue weighted by atomic mass is 19.1. The molecule has 20 heavy (non-hydrogen) atoms. The largest absolute Gasteiger partial charge is 0.459 e. The predicted octanol–water partition coefficient (Wildman–Crippen LogP) is 3.74. The zero-order chi connectivity index (χ0) is 14.4. The van der Waals surface area contributed by atoms with Crippen molar-refractivity contribution in [2.75, 3.05) is 6.61 Å². The topological polar surface area (TPSA) is 59.7 Å². The quantitative estimate of drug-likeness (QED) is 0.617. The van der Waals surface area contributed by atoms with Gasteiger partial charge in [0.05, 0.1) is 6.20 Å². The summed E-state index contributed by atoms with van der Waals surface area (Å²) in [6.07, 6.45) is 2.40. The van der Waals surface area contributed by atoms with Gasteiger partial charge in [-0.2, -0.15) is 4.98 Å². The lowest BCUT2D eigenvalue weighted by Crippen LogP contribution is -1.98. The number of halogens is 2. The number of aromatic nitrogens is 2. The number of azo groups is 1. The summed E-state index contributed by atoms with van der Waals surface area (Å²) in [7, 11) is 0. The van der Waals surface area contributed by atoms with E-state index < -0.39 is 11.6 Å². The first-order valence-electron chi connectivity index (χ1n) is 5.63. The normalized spacial score (nSPS) is 10.7. The van der Waals surface area contributed by atoms with Crippen molar-refractivity contribution >= 4 is 11.5 Å². The van der Waals surface area contributed by atoms with Crippen molar-refractivity contribution in [1.29, 1.82) is 0 Å². The summed E-state index contributed by atoms with van der Waals surface area (Å²) in [5.74, 6) is -1.67. The molecule has 0 spiro atoms. The summed E-state index contributed by atoms with van der Waals surface area (Å²) in [5.41, 5.74) is -0.0147. The van der Waals surface area contributed by atoms with Crippen molar-refractivity contribution in [3.05, 3.63) is 54.8 Å². The van der Waals surface area contributed by atoms with Crippen molar-refractivity contribution in [3.8, 4) is 6.01 Å². The van der Waals surface area contributed by atoms with Crippen LogP contribution in [0.1, 0.15) is 0 Å². The first-order chi connectivity index (χ1) is 9.70. The second kappa shape index (κ2) is 6.46. The summed E-state index contributed by atoms with van der Waals surface area (Å²) in [4.78, 5) is 7.33. The number of rotatable bonds is 5. The van der Waals surface area contributed by atoms with Gasteiger partial charge in [0, 0.05) is 0 Å². The van der Waals surface area contributed by atoms with Crippen LogP contribution in [-0.4, -0.2) is 16.6 Å². The maximum absolute atomic E-state index is 13.4. The molecule has 2 aromatic rings. The summed E-state index contributed by atoms with van der Waals surface area (Å²) >= 11 is 0. The number of benzene rings is 1. The van der Waals surface area contributed by atoms with Gasteiger partial charge in [0.15, 0.2) is 11.6 Å². The van der Waals surface area contributed by atoms with Crippen LogP contribution >= 0.6 is 0 Å². The Morgan fingerprint density at radius 3 is 2.75 bits per heavy atom. The van der Waals surface area contributed by atoms with E-state index in [1.807, 2.05) is 0 Å². The fraction of sp³-hybridized carbons (Fsp3) is 0.0769. The van der Waals surface area contributed by atoms with Crippen LogP contribution in [0.25, 0.3) is 0 Å². The Balaban J connectivity index is 2.24.